The second kappa shape index (κ2) is 16.3. The minimum absolute atomic E-state index is 0.00848. The number of benzene rings is 2. The number of nitrogens with one attached hydrogen (secondary N) is 6. The number of furan rings is 1. The molecule has 2 atom stereocenters. The van der Waals surface area contributed by atoms with Gasteiger partial charge >= 0.3 is 0 Å². The monoisotopic (exact) mass is 694 g/mol. The highest BCUT2D eigenvalue weighted by Gasteiger charge is 2.31. The molecule has 8 rings (SSSR count). The van der Waals surface area contributed by atoms with Crippen molar-refractivity contribution in [3.8, 4) is 0 Å². The van der Waals surface area contributed by atoms with Gasteiger partial charge in [-0.25, -0.2) is 0 Å². The van der Waals surface area contributed by atoms with Crippen LogP contribution in [-0.2, 0) is 67.7 Å². The predicted molar refractivity (Wildman–Crippen MR) is 185 cm³/mol. The number of amides is 6. The Morgan fingerprint density at radius 1 is 0.627 bits per heavy atom. The number of carbonyl (C=O) groups is 6. The number of hydrogen-bond acceptors (Lipinski definition) is 7. The van der Waals surface area contributed by atoms with Crippen LogP contribution in [-0.4, -0.2) is 53.6 Å². The molecule has 6 amide bonds. The first-order chi connectivity index (χ1) is 24.7. The van der Waals surface area contributed by atoms with E-state index in [1.165, 1.54) is 18.4 Å². The van der Waals surface area contributed by atoms with Crippen molar-refractivity contribution >= 4 is 35.4 Å². The van der Waals surface area contributed by atoms with Crippen molar-refractivity contribution in [3.05, 3.63) is 107 Å². The largest absolute Gasteiger partial charge is 0.469 e. The number of carbonyl (C=O) groups excluding carboxylic acids is 6. The van der Waals surface area contributed by atoms with Gasteiger partial charge in [0.05, 0.1) is 12.7 Å². The molecule has 1 fully saturated rings. The van der Waals surface area contributed by atoms with Crippen molar-refractivity contribution < 1.29 is 33.2 Å². The minimum atomic E-state index is -0.910. The van der Waals surface area contributed by atoms with E-state index in [-0.39, 0.29) is 62.2 Å². The van der Waals surface area contributed by atoms with E-state index in [9.17, 15) is 28.8 Å². The average Bonchev–Trinajstić information content (AvgIpc) is 3.59. The van der Waals surface area contributed by atoms with Crippen molar-refractivity contribution in [1.29, 1.82) is 0 Å². The summed E-state index contributed by atoms with van der Waals surface area (Å²) in [6.07, 6.45) is 6.50. The Kier molecular flexibility index (Phi) is 11.2. The second-order valence-corrected chi connectivity index (χ2v) is 13.3. The number of fused-ring (bicyclic) bond motifs is 1. The van der Waals surface area contributed by atoms with Gasteiger partial charge < -0.3 is 36.3 Å². The summed E-state index contributed by atoms with van der Waals surface area (Å²) in [6.45, 7) is 0.612. The summed E-state index contributed by atoms with van der Waals surface area (Å²) in [7, 11) is 0. The summed E-state index contributed by atoms with van der Waals surface area (Å²) >= 11 is 0. The smallest absolute Gasteiger partial charge is 0.244 e. The van der Waals surface area contributed by atoms with Crippen LogP contribution in [0.1, 0.15) is 59.3 Å². The summed E-state index contributed by atoms with van der Waals surface area (Å²) in [5, 5.41) is 17.3. The first-order valence-corrected chi connectivity index (χ1v) is 17.3. The van der Waals surface area contributed by atoms with Crippen LogP contribution in [0.2, 0.25) is 0 Å². The molecule has 5 heterocycles. The number of rotatable bonds is 2. The summed E-state index contributed by atoms with van der Waals surface area (Å²) in [4.78, 5) is 78.3. The van der Waals surface area contributed by atoms with Gasteiger partial charge in [0.1, 0.15) is 17.8 Å². The van der Waals surface area contributed by atoms with E-state index in [0.29, 0.717) is 43.4 Å². The van der Waals surface area contributed by atoms with Gasteiger partial charge in [-0.15, -0.1) is 0 Å². The maximum atomic E-state index is 13.6. The van der Waals surface area contributed by atoms with Gasteiger partial charge in [-0.1, -0.05) is 42.5 Å². The molecule has 1 aromatic heterocycles. The van der Waals surface area contributed by atoms with Crippen LogP contribution >= 0.6 is 0 Å². The quantitative estimate of drug-likeness (QED) is 0.234. The highest BCUT2D eigenvalue weighted by molar-refractivity contribution is 5.97. The molecule has 266 valence electrons. The molecule has 0 spiro atoms. The minimum Gasteiger partial charge on any atom is -0.469 e. The summed E-state index contributed by atoms with van der Waals surface area (Å²) in [5.41, 5.74) is 4.01. The van der Waals surface area contributed by atoms with Gasteiger partial charge in [-0.3, -0.25) is 28.8 Å². The topological polar surface area (TPSA) is 188 Å². The van der Waals surface area contributed by atoms with Crippen molar-refractivity contribution in [2.45, 2.75) is 82.7 Å². The molecular weight excluding hydrogens is 652 g/mol. The Hall–Kier alpha value is -5.72. The zero-order valence-corrected chi connectivity index (χ0v) is 28.2. The third kappa shape index (κ3) is 9.50. The van der Waals surface area contributed by atoms with Gasteiger partial charge in [0.2, 0.25) is 35.4 Å². The maximum absolute atomic E-state index is 13.6. The fourth-order valence-corrected chi connectivity index (χ4v) is 6.79. The normalized spacial score (nSPS) is 24.4. The van der Waals surface area contributed by atoms with Crippen molar-refractivity contribution in [1.82, 2.24) is 31.9 Å². The molecule has 0 saturated heterocycles. The summed E-state index contributed by atoms with van der Waals surface area (Å²) < 4.78 is 5.48. The van der Waals surface area contributed by atoms with E-state index >= 15 is 0 Å². The third-order valence-electron chi connectivity index (χ3n) is 9.64. The third-order valence-corrected chi connectivity index (χ3v) is 9.64. The molecular formula is C38H42N6O7. The van der Waals surface area contributed by atoms with Crippen LogP contribution in [0.3, 0.4) is 0 Å². The van der Waals surface area contributed by atoms with E-state index < -0.39 is 29.8 Å². The van der Waals surface area contributed by atoms with Crippen molar-refractivity contribution in [2.75, 3.05) is 0 Å². The molecule has 6 N–H and O–H groups in total. The Morgan fingerprint density at radius 2 is 1.37 bits per heavy atom. The van der Waals surface area contributed by atoms with Crippen LogP contribution in [0.5, 0.6) is 0 Å². The average molecular weight is 695 g/mol. The van der Waals surface area contributed by atoms with Gasteiger partial charge in [-0.05, 0) is 65.6 Å². The molecule has 13 heteroatoms. The predicted octanol–water partition coefficient (Wildman–Crippen LogP) is 1.38. The molecule has 3 aromatic rings. The molecule has 6 bridgehead atoms. The Bertz CT molecular complexity index is 1810. The van der Waals surface area contributed by atoms with Crippen molar-refractivity contribution in [2.24, 2.45) is 5.92 Å². The first kappa shape index (κ1) is 35.1. The zero-order chi connectivity index (χ0) is 35.7. The molecule has 4 aliphatic heterocycles. The van der Waals surface area contributed by atoms with Crippen LogP contribution in [0.15, 0.2) is 77.4 Å². The Morgan fingerprint density at radius 3 is 2.16 bits per heavy atom. The first-order valence-electron chi connectivity index (χ1n) is 17.3. The fourth-order valence-electron chi connectivity index (χ4n) is 6.79. The van der Waals surface area contributed by atoms with E-state index in [1.807, 2.05) is 36.4 Å². The van der Waals surface area contributed by atoms with Crippen molar-refractivity contribution in [3.63, 3.8) is 0 Å². The molecule has 0 unspecified atom stereocenters. The molecule has 1 aliphatic carbocycles. The molecule has 5 aliphatic rings. The van der Waals surface area contributed by atoms with Crippen LogP contribution in [0, 0.1) is 5.92 Å². The summed E-state index contributed by atoms with van der Waals surface area (Å²) in [6, 6.07) is 14.5. The van der Waals surface area contributed by atoms with Gasteiger partial charge in [0.25, 0.3) is 0 Å². The zero-order valence-electron chi connectivity index (χ0n) is 28.2. The molecule has 51 heavy (non-hydrogen) atoms. The molecule has 13 nitrogen and oxygen atoms in total. The Labute approximate surface area is 295 Å². The standard InChI is InChI=1S/C38H42N6O7/c45-33-13-14-34(46)42-29-11-9-24(10-12-29)36(48)44-32(19-30-6-3-15-51-30)38(50)40-21-27-5-2-1-4-25(27)18-35(47)43-31-17-26-8-7-23(20-39-33)16-28(26)22-41-37(31)49/h1-8,13-16,24,29,31-32H,9-12,17-22H2,(H,39,45)(H,40,50)(H,41,49)(H,42,46)(H,43,47)(H,44,48)/b14-13+/t24?,29?,31-,32-/m0/s1. The molecule has 0 radical (unpaired) electrons. The SMILES string of the molecule is O=C1/C=C/C(=O)NC2CCC(CC2)C(=O)N[C@@H](Cc2ccco2)C(=O)NCc2ccccc2CC(=O)N[C@H]2Cc3ccc(cc3CNC2=O)CN1. The lowest BCUT2D eigenvalue weighted by atomic mass is 9.85. The fraction of sp³-hybridized carbons (Fsp3) is 0.368. The molecule has 2 aromatic carbocycles. The van der Waals surface area contributed by atoms with Gasteiger partial charge in [0.15, 0.2) is 0 Å². The second-order valence-electron chi connectivity index (χ2n) is 13.3. The summed E-state index contributed by atoms with van der Waals surface area (Å²) in [5.74, 6) is -1.93. The lowest BCUT2D eigenvalue weighted by Gasteiger charge is -2.29. The van der Waals surface area contributed by atoms with Gasteiger partial charge in [0, 0.05) is 56.6 Å². The van der Waals surface area contributed by atoms with Crippen LogP contribution in [0.4, 0.5) is 0 Å². The maximum Gasteiger partial charge on any atom is 0.244 e. The highest BCUT2D eigenvalue weighted by Crippen LogP contribution is 2.25. The van der Waals surface area contributed by atoms with Crippen LogP contribution < -0.4 is 31.9 Å². The van der Waals surface area contributed by atoms with E-state index in [4.69, 9.17) is 4.42 Å². The van der Waals surface area contributed by atoms with E-state index in [2.05, 4.69) is 31.9 Å². The van der Waals surface area contributed by atoms with E-state index in [0.717, 1.165) is 22.3 Å². The lowest BCUT2D eigenvalue weighted by molar-refractivity contribution is -0.132. The number of hydrogen-bond donors (Lipinski definition) is 6. The van der Waals surface area contributed by atoms with Gasteiger partial charge in [-0.2, -0.15) is 0 Å². The Balaban J connectivity index is 1.21. The van der Waals surface area contributed by atoms with E-state index in [1.54, 1.807) is 18.2 Å². The highest BCUT2D eigenvalue weighted by atomic mass is 16.3. The molecule has 1 saturated carbocycles. The van der Waals surface area contributed by atoms with Crippen LogP contribution in [0.25, 0.3) is 0 Å². The lowest BCUT2D eigenvalue weighted by Crippen LogP contribution is -2.50.